The molecule has 0 aliphatic rings. The maximum atomic E-state index is 11.2. The predicted octanol–water partition coefficient (Wildman–Crippen LogP) is 3.43. The van der Waals surface area contributed by atoms with E-state index in [9.17, 15) is 4.79 Å². The molecule has 2 aromatic carbocycles. The summed E-state index contributed by atoms with van der Waals surface area (Å²) in [5, 5.41) is 9.91. The van der Waals surface area contributed by atoms with E-state index in [0.29, 0.717) is 18.2 Å². The van der Waals surface area contributed by atoms with Crippen molar-refractivity contribution >= 4 is 29.3 Å². The van der Waals surface area contributed by atoms with Gasteiger partial charge in [-0.3, -0.25) is 10.3 Å². The monoisotopic (exact) mass is 374 g/mol. The molecule has 0 atom stereocenters. The molecule has 0 fully saturated rings. The zero-order valence-corrected chi connectivity index (χ0v) is 15.6. The summed E-state index contributed by atoms with van der Waals surface area (Å²) in [4.78, 5) is 15.4. The number of halogens is 1. The lowest BCUT2D eigenvalue weighted by Crippen LogP contribution is -2.37. The molecule has 138 valence electrons. The minimum atomic E-state index is -0.487. The van der Waals surface area contributed by atoms with Crippen LogP contribution in [0.4, 0.5) is 10.5 Å². The molecule has 0 aromatic heterocycles. The number of nitrogens with zero attached hydrogens (tertiary/aromatic N) is 1. The van der Waals surface area contributed by atoms with Crippen LogP contribution in [-0.2, 0) is 17.7 Å². The fraction of sp³-hybridized carbons (Fsp3) is 0.263. The van der Waals surface area contributed by atoms with Crippen molar-refractivity contribution in [3.63, 3.8) is 0 Å². The average molecular weight is 375 g/mol. The molecule has 0 heterocycles. The van der Waals surface area contributed by atoms with E-state index in [4.69, 9.17) is 11.6 Å². The molecule has 2 rings (SSSR count). The molecule has 0 spiro atoms. The highest BCUT2D eigenvalue weighted by Crippen LogP contribution is 2.14. The smallest absolute Gasteiger partial charge is 0.411 e. The number of anilines is 1. The van der Waals surface area contributed by atoms with Gasteiger partial charge in [0.2, 0.25) is 0 Å². The standard InChI is InChI=1S/C19H23ClN4O2/c1-21-18(22-12-11-15-5-3-4-6-17(15)20)23-13-14-7-9-16(10-8-14)24-19(25)26-2/h3-10H,11-13H2,1-2H3,(H,24,25)(H2,21,22,23). The Morgan fingerprint density at radius 3 is 2.50 bits per heavy atom. The number of rotatable bonds is 6. The molecule has 26 heavy (non-hydrogen) atoms. The third-order valence-corrected chi connectivity index (χ3v) is 4.08. The number of guanidine groups is 1. The molecular formula is C19H23ClN4O2. The number of ether oxygens (including phenoxy) is 1. The molecular weight excluding hydrogens is 352 g/mol. The Bertz CT molecular complexity index is 747. The van der Waals surface area contributed by atoms with E-state index in [2.05, 4.69) is 25.7 Å². The van der Waals surface area contributed by atoms with E-state index in [1.165, 1.54) is 7.11 Å². The Hall–Kier alpha value is -2.73. The van der Waals surface area contributed by atoms with E-state index >= 15 is 0 Å². The van der Waals surface area contributed by atoms with Gasteiger partial charge in [0.1, 0.15) is 0 Å². The second-order valence-electron chi connectivity index (χ2n) is 5.51. The third-order valence-electron chi connectivity index (χ3n) is 3.71. The van der Waals surface area contributed by atoms with Crippen molar-refractivity contribution in [2.45, 2.75) is 13.0 Å². The summed E-state index contributed by atoms with van der Waals surface area (Å²) in [7, 11) is 3.06. The van der Waals surface area contributed by atoms with Crippen molar-refractivity contribution in [1.82, 2.24) is 10.6 Å². The van der Waals surface area contributed by atoms with Crippen LogP contribution in [0, 0.1) is 0 Å². The fourth-order valence-corrected chi connectivity index (χ4v) is 2.53. The Kier molecular flexibility index (Phi) is 7.76. The van der Waals surface area contributed by atoms with Crippen LogP contribution in [0.25, 0.3) is 0 Å². The number of hydrogen-bond donors (Lipinski definition) is 3. The van der Waals surface area contributed by atoms with Crippen molar-refractivity contribution in [1.29, 1.82) is 0 Å². The van der Waals surface area contributed by atoms with E-state index in [1.807, 2.05) is 48.5 Å². The summed E-state index contributed by atoms with van der Waals surface area (Å²) in [6.07, 6.45) is 0.327. The summed E-state index contributed by atoms with van der Waals surface area (Å²) in [5.74, 6) is 0.716. The molecule has 6 nitrogen and oxygen atoms in total. The van der Waals surface area contributed by atoms with E-state index in [0.717, 1.165) is 29.1 Å². The second kappa shape index (κ2) is 10.3. The molecule has 0 radical (unpaired) electrons. The highest BCUT2D eigenvalue weighted by Gasteiger charge is 2.03. The number of carbonyl (C=O) groups excluding carboxylic acids is 1. The number of methoxy groups -OCH3 is 1. The molecule has 1 amide bonds. The first kappa shape index (κ1) is 19.6. The van der Waals surface area contributed by atoms with Gasteiger partial charge in [-0.2, -0.15) is 0 Å². The van der Waals surface area contributed by atoms with Crippen LogP contribution in [0.3, 0.4) is 0 Å². The first-order valence-corrected chi connectivity index (χ1v) is 8.62. The quantitative estimate of drug-likeness (QED) is 0.535. The van der Waals surface area contributed by atoms with Gasteiger partial charge in [-0.15, -0.1) is 0 Å². The van der Waals surface area contributed by atoms with Crippen LogP contribution in [0.5, 0.6) is 0 Å². The van der Waals surface area contributed by atoms with Gasteiger partial charge in [0, 0.05) is 30.8 Å². The summed E-state index contributed by atoms with van der Waals surface area (Å²) < 4.78 is 4.56. The van der Waals surface area contributed by atoms with Crippen molar-refractivity contribution in [3.05, 3.63) is 64.7 Å². The highest BCUT2D eigenvalue weighted by atomic mass is 35.5. The SMILES string of the molecule is CN=C(NCCc1ccccc1Cl)NCc1ccc(NC(=O)OC)cc1. The van der Waals surface area contributed by atoms with E-state index in [1.54, 1.807) is 7.05 Å². The topological polar surface area (TPSA) is 74.8 Å². The third kappa shape index (κ3) is 6.29. The minimum Gasteiger partial charge on any atom is -0.453 e. The zero-order valence-electron chi connectivity index (χ0n) is 14.9. The second-order valence-corrected chi connectivity index (χ2v) is 5.91. The minimum absolute atomic E-state index is 0.487. The molecule has 0 bridgehead atoms. The lowest BCUT2D eigenvalue weighted by Gasteiger charge is -2.13. The van der Waals surface area contributed by atoms with Gasteiger partial charge >= 0.3 is 6.09 Å². The van der Waals surface area contributed by atoms with Crippen LogP contribution in [0.1, 0.15) is 11.1 Å². The normalized spacial score (nSPS) is 11.0. The Morgan fingerprint density at radius 1 is 1.12 bits per heavy atom. The summed E-state index contributed by atoms with van der Waals surface area (Å²) in [6, 6.07) is 15.3. The molecule has 7 heteroatoms. The van der Waals surface area contributed by atoms with E-state index < -0.39 is 6.09 Å². The van der Waals surface area contributed by atoms with Gasteiger partial charge < -0.3 is 15.4 Å². The Labute approximate surface area is 158 Å². The summed E-state index contributed by atoms with van der Waals surface area (Å²) in [6.45, 7) is 1.34. The van der Waals surface area contributed by atoms with Crippen LogP contribution >= 0.6 is 11.6 Å². The maximum Gasteiger partial charge on any atom is 0.411 e. The number of benzene rings is 2. The average Bonchev–Trinajstić information content (AvgIpc) is 2.67. The lowest BCUT2D eigenvalue weighted by molar-refractivity contribution is 0.187. The van der Waals surface area contributed by atoms with Gasteiger partial charge in [0.15, 0.2) is 5.96 Å². The van der Waals surface area contributed by atoms with E-state index in [-0.39, 0.29) is 0 Å². The van der Waals surface area contributed by atoms with Crippen LogP contribution in [0.15, 0.2) is 53.5 Å². The van der Waals surface area contributed by atoms with Crippen molar-refractivity contribution < 1.29 is 9.53 Å². The lowest BCUT2D eigenvalue weighted by atomic mass is 10.1. The molecule has 2 aromatic rings. The summed E-state index contributed by atoms with van der Waals surface area (Å²) >= 11 is 6.16. The van der Waals surface area contributed by atoms with Crippen LogP contribution in [0.2, 0.25) is 5.02 Å². The van der Waals surface area contributed by atoms with Gasteiger partial charge in [0.25, 0.3) is 0 Å². The van der Waals surface area contributed by atoms with Crippen LogP contribution in [-0.4, -0.2) is 32.8 Å². The Balaban J connectivity index is 1.78. The molecule has 0 unspecified atom stereocenters. The van der Waals surface area contributed by atoms with Gasteiger partial charge in [-0.05, 0) is 35.7 Å². The number of amides is 1. The molecule has 0 saturated carbocycles. The number of hydrogen-bond acceptors (Lipinski definition) is 3. The van der Waals surface area contributed by atoms with Gasteiger partial charge in [0.05, 0.1) is 7.11 Å². The van der Waals surface area contributed by atoms with Gasteiger partial charge in [-0.1, -0.05) is 41.9 Å². The predicted molar refractivity (Wildman–Crippen MR) is 106 cm³/mol. The largest absolute Gasteiger partial charge is 0.453 e. The van der Waals surface area contributed by atoms with Crippen molar-refractivity contribution in [2.24, 2.45) is 4.99 Å². The molecule has 0 saturated heterocycles. The Morgan fingerprint density at radius 2 is 1.85 bits per heavy atom. The van der Waals surface area contributed by atoms with Gasteiger partial charge in [-0.25, -0.2) is 4.79 Å². The maximum absolute atomic E-state index is 11.2. The first-order chi connectivity index (χ1) is 12.6. The van der Waals surface area contributed by atoms with Crippen molar-refractivity contribution in [2.75, 3.05) is 26.0 Å². The first-order valence-electron chi connectivity index (χ1n) is 8.24. The van der Waals surface area contributed by atoms with Crippen molar-refractivity contribution in [3.8, 4) is 0 Å². The molecule has 0 aliphatic carbocycles. The summed E-state index contributed by atoms with van der Waals surface area (Å²) in [5.41, 5.74) is 2.85. The highest BCUT2D eigenvalue weighted by molar-refractivity contribution is 6.31. The molecule has 3 N–H and O–H groups in total. The number of nitrogens with one attached hydrogen (secondary N) is 3. The number of aliphatic imine (C=N–C) groups is 1. The number of carbonyl (C=O) groups is 1. The molecule has 0 aliphatic heterocycles. The van der Waals surface area contributed by atoms with Crippen LogP contribution < -0.4 is 16.0 Å². The fourth-order valence-electron chi connectivity index (χ4n) is 2.30. The zero-order chi connectivity index (χ0) is 18.8.